The summed E-state index contributed by atoms with van der Waals surface area (Å²) in [5.74, 6) is 0. The molecule has 0 saturated carbocycles. The van der Waals surface area contributed by atoms with Gasteiger partial charge in [-0.2, -0.15) is 0 Å². The van der Waals surface area contributed by atoms with Crippen molar-refractivity contribution in [2.75, 3.05) is 0 Å². The van der Waals surface area contributed by atoms with Gasteiger partial charge in [0.1, 0.15) is 0 Å². The Hall–Kier alpha value is -0.890. The third-order valence-corrected chi connectivity index (χ3v) is 1.89. The van der Waals surface area contributed by atoms with Gasteiger partial charge >= 0.3 is 0 Å². The number of hydrogen-bond donors (Lipinski definition) is 0. The van der Waals surface area contributed by atoms with E-state index in [1.165, 1.54) is 0 Å². The van der Waals surface area contributed by atoms with Crippen LogP contribution in [0.3, 0.4) is 0 Å². The lowest BCUT2D eigenvalue weighted by Gasteiger charge is -2.01. The van der Waals surface area contributed by atoms with Crippen molar-refractivity contribution in [2.45, 2.75) is 26.7 Å². The van der Waals surface area contributed by atoms with Gasteiger partial charge in [-0.15, -0.1) is 10.2 Å². The van der Waals surface area contributed by atoms with Crippen LogP contribution in [0.2, 0.25) is 5.15 Å². The highest BCUT2D eigenvalue weighted by Crippen LogP contribution is 2.15. The van der Waals surface area contributed by atoms with Crippen LogP contribution in [0.5, 0.6) is 0 Å². The molecule has 1 rings (SSSR count). The van der Waals surface area contributed by atoms with Crippen molar-refractivity contribution >= 4 is 17.2 Å². The molecule has 0 amide bonds. The first-order chi connectivity index (χ1) is 6.27. The van der Waals surface area contributed by atoms with Crippen molar-refractivity contribution in [3.63, 3.8) is 0 Å². The van der Waals surface area contributed by atoms with Crippen LogP contribution in [0, 0.1) is 6.08 Å². The van der Waals surface area contributed by atoms with Gasteiger partial charge in [-0.3, -0.25) is 0 Å². The highest BCUT2D eigenvalue weighted by atomic mass is 35.5. The molecule has 0 aliphatic carbocycles. The van der Waals surface area contributed by atoms with Crippen molar-refractivity contribution < 1.29 is 0 Å². The molecule has 1 aromatic heterocycles. The molecule has 0 bridgehead atoms. The molecule has 0 aliphatic heterocycles. The van der Waals surface area contributed by atoms with Crippen molar-refractivity contribution in [2.24, 2.45) is 0 Å². The Morgan fingerprint density at radius 2 is 2.15 bits per heavy atom. The Balaban J connectivity index is 2.92. The van der Waals surface area contributed by atoms with Gasteiger partial charge in [-0.05, 0) is 36.6 Å². The van der Waals surface area contributed by atoms with Crippen LogP contribution in [-0.4, -0.2) is 10.2 Å². The summed E-state index contributed by atoms with van der Waals surface area (Å²) in [6.45, 7) is 4.13. The molecule has 0 atom stereocenters. The largest absolute Gasteiger partial charge is 0.151 e. The molecule has 0 N–H and O–H groups in total. The maximum absolute atomic E-state index is 5.63. The second-order valence-electron chi connectivity index (χ2n) is 2.60. The Kier molecular flexibility index (Phi) is 3.90. The Labute approximate surface area is 83.6 Å². The molecule has 13 heavy (non-hydrogen) atoms. The summed E-state index contributed by atoms with van der Waals surface area (Å²) in [4.78, 5) is 0. The Morgan fingerprint density at radius 3 is 2.62 bits per heavy atom. The minimum absolute atomic E-state index is 0.427. The smallest absolute Gasteiger partial charge is 0.149 e. The number of rotatable bonds is 3. The second kappa shape index (κ2) is 4.97. The average Bonchev–Trinajstić information content (AvgIpc) is 2.16. The van der Waals surface area contributed by atoms with Crippen LogP contribution in [0.15, 0.2) is 12.1 Å². The molecule has 1 radical (unpaired) electrons. The van der Waals surface area contributed by atoms with Crippen molar-refractivity contribution in [1.82, 2.24) is 10.2 Å². The summed E-state index contributed by atoms with van der Waals surface area (Å²) in [6.07, 6.45) is 5.06. The molecular weight excluding hydrogens is 184 g/mol. The van der Waals surface area contributed by atoms with E-state index < -0.39 is 0 Å². The first kappa shape index (κ1) is 10.2. The zero-order valence-electron chi connectivity index (χ0n) is 7.84. The van der Waals surface area contributed by atoms with Gasteiger partial charge in [0, 0.05) is 0 Å². The molecule has 0 aromatic carbocycles. The van der Waals surface area contributed by atoms with Crippen molar-refractivity contribution in [3.05, 3.63) is 29.1 Å². The summed E-state index contributed by atoms with van der Waals surface area (Å²) in [5, 5.41) is 8.20. The van der Waals surface area contributed by atoms with Gasteiger partial charge in [-0.25, -0.2) is 0 Å². The van der Waals surface area contributed by atoms with E-state index in [0.717, 1.165) is 24.1 Å². The van der Waals surface area contributed by atoms with E-state index >= 15 is 0 Å². The number of halogens is 1. The summed E-state index contributed by atoms with van der Waals surface area (Å²) >= 11 is 5.63. The number of aromatic nitrogens is 2. The molecular formula is C10H12ClN2. The lowest BCUT2D eigenvalue weighted by atomic mass is 10.1. The van der Waals surface area contributed by atoms with Crippen LogP contribution < -0.4 is 0 Å². The minimum Gasteiger partial charge on any atom is -0.149 e. The molecule has 2 nitrogen and oxygen atoms in total. The second-order valence-corrected chi connectivity index (χ2v) is 2.99. The minimum atomic E-state index is 0.427. The van der Waals surface area contributed by atoms with Crippen LogP contribution in [-0.2, 0) is 0 Å². The number of allylic oxidation sites excluding steroid dienone is 2. The normalized spacial score (nSPS) is 11.8. The Morgan fingerprint density at radius 1 is 1.38 bits per heavy atom. The molecule has 0 saturated heterocycles. The van der Waals surface area contributed by atoms with Crippen LogP contribution in [0.4, 0.5) is 0 Å². The van der Waals surface area contributed by atoms with Crippen LogP contribution >= 0.6 is 11.6 Å². The molecule has 1 aromatic rings. The SMILES string of the molecule is CC[C]=C(CC)c1ccc(Cl)nn1. The fraction of sp³-hybridized carbons (Fsp3) is 0.400. The lowest BCUT2D eigenvalue weighted by molar-refractivity contribution is 0.990. The fourth-order valence-corrected chi connectivity index (χ4v) is 1.19. The zero-order valence-corrected chi connectivity index (χ0v) is 8.60. The standard InChI is InChI=1S/C10H12ClN2/c1-3-5-8(4-2)9-6-7-10(11)13-12-9/h6-7H,3-4H2,1-2H3. The summed E-state index contributed by atoms with van der Waals surface area (Å²) in [6, 6.07) is 3.62. The summed E-state index contributed by atoms with van der Waals surface area (Å²) < 4.78 is 0. The van der Waals surface area contributed by atoms with E-state index in [4.69, 9.17) is 11.6 Å². The predicted molar refractivity (Wildman–Crippen MR) is 54.3 cm³/mol. The average molecular weight is 196 g/mol. The van der Waals surface area contributed by atoms with E-state index in [2.05, 4.69) is 30.1 Å². The van der Waals surface area contributed by atoms with Crippen LogP contribution in [0.25, 0.3) is 5.57 Å². The van der Waals surface area contributed by atoms with Gasteiger partial charge in [0.05, 0.1) is 5.69 Å². The van der Waals surface area contributed by atoms with Gasteiger partial charge in [-0.1, -0.05) is 25.4 Å². The first-order valence-electron chi connectivity index (χ1n) is 4.37. The van der Waals surface area contributed by atoms with E-state index in [1.54, 1.807) is 6.07 Å². The van der Waals surface area contributed by atoms with Gasteiger partial charge < -0.3 is 0 Å². The van der Waals surface area contributed by atoms with Crippen LogP contribution in [0.1, 0.15) is 32.4 Å². The van der Waals surface area contributed by atoms with E-state index in [-0.39, 0.29) is 0 Å². The summed E-state index contributed by atoms with van der Waals surface area (Å²) in [5.41, 5.74) is 1.97. The highest BCUT2D eigenvalue weighted by molar-refractivity contribution is 6.29. The van der Waals surface area contributed by atoms with Gasteiger partial charge in [0.2, 0.25) is 0 Å². The van der Waals surface area contributed by atoms with Crippen molar-refractivity contribution in [3.8, 4) is 0 Å². The zero-order chi connectivity index (χ0) is 9.68. The molecule has 0 aliphatic rings. The van der Waals surface area contributed by atoms with E-state index in [0.29, 0.717) is 5.15 Å². The predicted octanol–water partition coefficient (Wildman–Crippen LogP) is 3.14. The van der Waals surface area contributed by atoms with E-state index in [9.17, 15) is 0 Å². The molecule has 1 heterocycles. The Bertz CT molecular complexity index is 290. The lowest BCUT2D eigenvalue weighted by Crippen LogP contribution is -1.91. The summed E-state index contributed by atoms with van der Waals surface area (Å²) in [7, 11) is 0. The quantitative estimate of drug-likeness (QED) is 0.741. The molecule has 69 valence electrons. The number of nitrogens with zero attached hydrogens (tertiary/aromatic N) is 2. The maximum Gasteiger partial charge on any atom is 0.151 e. The fourth-order valence-electron chi connectivity index (χ4n) is 1.09. The molecule has 0 spiro atoms. The first-order valence-corrected chi connectivity index (χ1v) is 4.75. The highest BCUT2D eigenvalue weighted by Gasteiger charge is 2.00. The van der Waals surface area contributed by atoms with Gasteiger partial charge in [0.15, 0.2) is 5.15 Å². The maximum atomic E-state index is 5.63. The van der Waals surface area contributed by atoms with E-state index in [1.807, 2.05) is 6.07 Å². The monoisotopic (exact) mass is 195 g/mol. The third kappa shape index (κ3) is 2.81. The third-order valence-electron chi connectivity index (χ3n) is 1.68. The topological polar surface area (TPSA) is 25.8 Å². The molecule has 0 unspecified atom stereocenters. The number of hydrogen-bond acceptors (Lipinski definition) is 2. The molecule has 0 fully saturated rings. The van der Waals surface area contributed by atoms with Gasteiger partial charge in [0.25, 0.3) is 0 Å². The molecule has 3 heteroatoms. The van der Waals surface area contributed by atoms with Crippen molar-refractivity contribution in [1.29, 1.82) is 0 Å².